The first-order chi connectivity index (χ1) is 9.61. The Morgan fingerprint density at radius 1 is 1.55 bits per heavy atom. The highest BCUT2D eigenvalue weighted by atomic mass is 35.5. The van der Waals surface area contributed by atoms with E-state index in [1.165, 1.54) is 17.8 Å². The van der Waals surface area contributed by atoms with Gasteiger partial charge in [0.1, 0.15) is 0 Å². The summed E-state index contributed by atoms with van der Waals surface area (Å²) in [4.78, 5) is 18.5. The van der Waals surface area contributed by atoms with Crippen molar-refractivity contribution in [3.8, 4) is 0 Å². The molecule has 1 aromatic heterocycles. The maximum Gasteiger partial charge on any atom is 0.323 e. The predicted octanol–water partition coefficient (Wildman–Crippen LogP) is 4.21. The first-order valence-electron chi connectivity index (χ1n) is 6.74. The van der Waals surface area contributed by atoms with Crippen LogP contribution in [0, 0.1) is 5.92 Å². The number of likely N-dealkylation sites (tertiary alicyclic amines) is 1. The molecule has 1 aliphatic rings. The molecule has 4 nitrogen and oxygen atoms in total. The number of fused-ring (bicyclic) bond motifs is 1. The van der Waals surface area contributed by atoms with Crippen molar-refractivity contribution in [3.63, 3.8) is 0 Å². The molecule has 1 fully saturated rings. The van der Waals surface area contributed by atoms with Crippen molar-refractivity contribution in [2.24, 2.45) is 5.92 Å². The first-order valence-corrected chi connectivity index (χ1v) is 7.93. The lowest BCUT2D eigenvalue weighted by atomic mass is 10.0. The van der Waals surface area contributed by atoms with Crippen LogP contribution < -0.4 is 5.32 Å². The number of anilines is 1. The average molecular weight is 310 g/mol. The number of rotatable bonds is 1. The lowest BCUT2D eigenvalue weighted by Crippen LogP contribution is -2.41. The zero-order valence-corrected chi connectivity index (χ0v) is 12.8. The summed E-state index contributed by atoms with van der Waals surface area (Å²) in [6, 6.07) is 5.49. The van der Waals surface area contributed by atoms with Gasteiger partial charge in [-0.3, -0.25) is 5.32 Å². The molecule has 106 valence electrons. The minimum Gasteiger partial charge on any atom is -0.324 e. The van der Waals surface area contributed by atoms with Crippen LogP contribution in [0.5, 0.6) is 0 Å². The van der Waals surface area contributed by atoms with E-state index < -0.39 is 0 Å². The van der Waals surface area contributed by atoms with Crippen molar-refractivity contribution in [1.82, 2.24) is 9.88 Å². The van der Waals surface area contributed by atoms with Gasteiger partial charge in [0.2, 0.25) is 0 Å². The molecule has 6 heteroatoms. The Morgan fingerprint density at radius 3 is 3.20 bits per heavy atom. The van der Waals surface area contributed by atoms with Crippen LogP contribution in [-0.4, -0.2) is 29.0 Å². The van der Waals surface area contributed by atoms with Crippen molar-refractivity contribution < 1.29 is 4.79 Å². The highest BCUT2D eigenvalue weighted by Gasteiger charge is 2.21. The molecular weight excluding hydrogens is 294 g/mol. The summed E-state index contributed by atoms with van der Waals surface area (Å²) in [6.07, 6.45) is 2.27. The van der Waals surface area contributed by atoms with Gasteiger partial charge in [0.25, 0.3) is 0 Å². The molecule has 1 N–H and O–H groups in total. The normalized spacial score (nSPS) is 19.3. The second-order valence-corrected chi connectivity index (χ2v) is 6.72. The van der Waals surface area contributed by atoms with Crippen LogP contribution >= 0.6 is 22.9 Å². The quantitative estimate of drug-likeness (QED) is 0.857. The zero-order valence-electron chi connectivity index (χ0n) is 11.2. The Balaban J connectivity index is 1.73. The molecule has 1 aromatic carbocycles. The third kappa shape index (κ3) is 2.88. The summed E-state index contributed by atoms with van der Waals surface area (Å²) in [5.74, 6) is 0.573. The standard InChI is InChI=1S/C14H16ClN3OS/c1-9-3-2-6-18(8-9)14(19)17-13-16-11-5-4-10(15)7-12(11)20-13/h4-5,7,9H,2-3,6,8H2,1H3,(H,16,17,19). The molecule has 0 saturated carbocycles. The molecule has 1 unspecified atom stereocenters. The number of aromatic nitrogens is 1. The van der Waals surface area contributed by atoms with Gasteiger partial charge in [-0.15, -0.1) is 0 Å². The molecule has 0 spiro atoms. The van der Waals surface area contributed by atoms with E-state index in [0.717, 1.165) is 29.7 Å². The van der Waals surface area contributed by atoms with E-state index in [2.05, 4.69) is 17.2 Å². The summed E-state index contributed by atoms with van der Waals surface area (Å²) in [5, 5.41) is 4.21. The van der Waals surface area contributed by atoms with E-state index >= 15 is 0 Å². The number of piperidine rings is 1. The molecule has 1 saturated heterocycles. The number of carbonyl (C=O) groups excluding carboxylic acids is 1. The second-order valence-electron chi connectivity index (χ2n) is 5.25. The van der Waals surface area contributed by atoms with Gasteiger partial charge in [-0.1, -0.05) is 29.9 Å². The van der Waals surface area contributed by atoms with Gasteiger partial charge in [-0.05, 0) is 37.0 Å². The lowest BCUT2D eigenvalue weighted by Gasteiger charge is -2.30. The van der Waals surface area contributed by atoms with E-state index in [0.29, 0.717) is 16.1 Å². The predicted molar refractivity (Wildman–Crippen MR) is 83.6 cm³/mol. The van der Waals surface area contributed by atoms with E-state index in [1.807, 2.05) is 23.1 Å². The van der Waals surface area contributed by atoms with E-state index in [1.54, 1.807) is 0 Å². The topological polar surface area (TPSA) is 45.2 Å². The number of urea groups is 1. The van der Waals surface area contributed by atoms with Crippen molar-refractivity contribution in [2.45, 2.75) is 19.8 Å². The van der Waals surface area contributed by atoms with Crippen LogP contribution in [0.2, 0.25) is 5.02 Å². The highest BCUT2D eigenvalue weighted by molar-refractivity contribution is 7.22. The SMILES string of the molecule is CC1CCCN(C(=O)Nc2nc3ccc(Cl)cc3s2)C1. The van der Waals surface area contributed by atoms with E-state index in [-0.39, 0.29) is 6.03 Å². The van der Waals surface area contributed by atoms with E-state index in [4.69, 9.17) is 11.6 Å². The van der Waals surface area contributed by atoms with Crippen molar-refractivity contribution >= 4 is 44.3 Å². The molecule has 1 aliphatic heterocycles. The number of hydrogen-bond acceptors (Lipinski definition) is 3. The number of carbonyl (C=O) groups is 1. The second kappa shape index (κ2) is 5.58. The number of nitrogens with one attached hydrogen (secondary N) is 1. The van der Waals surface area contributed by atoms with Crippen molar-refractivity contribution in [1.29, 1.82) is 0 Å². The summed E-state index contributed by atoms with van der Waals surface area (Å²) in [6.45, 7) is 3.83. The smallest absolute Gasteiger partial charge is 0.323 e. The third-order valence-electron chi connectivity index (χ3n) is 3.51. The van der Waals surface area contributed by atoms with Gasteiger partial charge in [0, 0.05) is 18.1 Å². The molecule has 1 atom stereocenters. The Kier molecular flexibility index (Phi) is 3.81. The maximum absolute atomic E-state index is 12.2. The maximum atomic E-state index is 12.2. The Hall–Kier alpha value is -1.33. The molecule has 0 radical (unpaired) electrons. The minimum absolute atomic E-state index is 0.0540. The van der Waals surface area contributed by atoms with Gasteiger partial charge < -0.3 is 4.90 Å². The molecule has 2 heterocycles. The Morgan fingerprint density at radius 2 is 2.40 bits per heavy atom. The summed E-state index contributed by atoms with van der Waals surface area (Å²) in [7, 11) is 0. The number of nitrogens with zero attached hydrogens (tertiary/aromatic N) is 2. The zero-order chi connectivity index (χ0) is 14.1. The monoisotopic (exact) mass is 309 g/mol. The van der Waals surface area contributed by atoms with Crippen LogP contribution in [0.1, 0.15) is 19.8 Å². The number of amides is 2. The van der Waals surface area contributed by atoms with Crippen LogP contribution in [0.4, 0.5) is 9.93 Å². The number of halogens is 1. The van der Waals surface area contributed by atoms with Crippen LogP contribution in [-0.2, 0) is 0 Å². The third-order valence-corrected chi connectivity index (χ3v) is 4.68. The number of benzene rings is 1. The fourth-order valence-corrected chi connectivity index (χ4v) is 3.63. The largest absolute Gasteiger partial charge is 0.324 e. The molecule has 2 aromatic rings. The summed E-state index contributed by atoms with van der Waals surface area (Å²) in [5.41, 5.74) is 0.863. The van der Waals surface area contributed by atoms with Gasteiger partial charge in [0.05, 0.1) is 10.2 Å². The summed E-state index contributed by atoms with van der Waals surface area (Å²) >= 11 is 7.41. The number of thiazole rings is 1. The van der Waals surface area contributed by atoms with Crippen LogP contribution in [0.15, 0.2) is 18.2 Å². The molecule has 20 heavy (non-hydrogen) atoms. The van der Waals surface area contributed by atoms with Crippen molar-refractivity contribution in [2.75, 3.05) is 18.4 Å². The first kappa shape index (κ1) is 13.6. The Labute approximate surface area is 126 Å². The molecule has 2 amide bonds. The fraction of sp³-hybridized carbons (Fsp3) is 0.429. The van der Waals surface area contributed by atoms with Gasteiger partial charge in [-0.2, -0.15) is 0 Å². The van der Waals surface area contributed by atoms with Gasteiger partial charge in [-0.25, -0.2) is 9.78 Å². The molecule has 0 aliphatic carbocycles. The van der Waals surface area contributed by atoms with Crippen LogP contribution in [0.3, 0.4) is 0 Å². The number of hydrogen-bond donors (Lipinski definition) is 1. The molecule has 3 rings (SSSR count). The van der Waals surface area contributed by atoms with Gasteiger partial charge >= 0.3 is 6.03 Å². The fourth-order valence-electron chi connectivity index (χ4n) is 2.50. The molecule has 0 bridgehead atoms. The van der Waals surface area contributed by atoms with E-state index in [9.17, 15) is 4.79 Å². The average Bonchev–Trinajstić information content (AvgIpc) is 2.80. The summed E-state index contributed by atoms with van der Waals surface area (Å²) < 4.78 is 0.986. The van der Waals surface area contributed by atoms with Crippen LogP contribution in [0.25, 0.3) is 10.2 Å². The van der Waals surface area contributed by atoms with Gasteiger partial charge in [0.15, 0.2) is 5.13 Å². The lowest BCUT2D eigenvalue weighted by molar-refractivity contribution is 0.182. The molecular formula is C14H16ClN3OS. The minimum atomic E-state index is -0.0540. The van der Waals surface area contributed by atoms with Crippen molar-refractivity contribution in [3.05, 3.63) is 23.2 Å². The highest BCUT2D eigenvalue weighted by Crippen LogP contribution is 2.28. The Bertz CT molecular complexity index is 642.